The summed E-state index contributed by atoms with van der Waals surface area (Å²) < 4.78 is 0.754. The number of hydrogen-bond acceptors (Lipinski definition) is 6. The summed E-state index contributed by atoms with van der Waals surface area (Å²) in [6.45, 7) is 4.35. The number of benzene rings is 3. The van der Waals surface area contributed by atoms with Crippen molar-refractivity contribution in [3.8, 4) is 0 Å². The van der Waals surface area contributed by atoms with Crippen molar-refractivity contribution in [1.82, 2.24) is 10.2 Å². The second-order valence-electron chi connectivity index (χ2n) is 7.93. The normalized spacial score (nSPS) is 10.9. The summed E-state index contributed by atoms with van der Waals surface area (Å²) in [4.78, 5) is 12.6. The van der Waals surface area contributed by atoms with Crippen LogP contribution in [-0.4, -0.2) is 21.9 Å². The number of aromatic nitrogens is 2. The number of nitrogens with one attached hydrogen (secondary N) is 2. The quantitative estimate of drug-likeness (QED) is 0.263. The van der Waals surface area contributed by atoms with E-state index < -0.39 is 0 Å². The lowest BCUT2D eigenvalue weighted by atomic mass is 10.0. The lowest BCUT2D eigenvalue weighted by Gasteiger charge is -2.11. The molecule has 33 heavy (non-hydrogen) atoms. The lowest BCUT2D eigenvalue weighted by molar-refractivity contribution is -0.113. The predicted molar refractivity (Wildman–Crippen MR) is 139 cm³/mol. The van der Waals surface area contributed by atoms with Gasteiger partial charge in [-0.2, -0.15) is 0 Å². The van der Waals surface area contributed by atoms with Crippen molar-refractivity contribution >= 4 is 45.5 Å². The first kappa shape index (κ1) is 23.0. The summed E-state index contributed by atoms with van der Waals surface area (Å²) in [5.74, 6) is 0.715. The van der Waals surface area contributed by atoms with E-state index in [4.69, 9.17) is 0 Å². The van der Waals surface area contributed by atoms with Crippen LogP contribution >= 0.6 is 23.1 Å². The third-order valence-corrected chi connectivity index (χ3v) is 7.06. The number of carbonyl (C=O) groups is 1. The molecule has 0 aliphatic rings. The van der Waals surface area contributed by atoms with Crippen LogP contribution in [-0.2, 0) is 11.2 Å². The molecule has 1 heterocycles. The smallest absolute Gasteiger partial charge is 0.234 e. The highest BCUT2D eigenvalue weighted by Gasteiger charge is 2.11. The Bertz CT molecular complexity index is 1190. The molecule has 1 aromatic heterocycles. The molecule has 4 rings (SSSR count). The Labute approximate surface area is 202 Å². The Kier molecular flexibility index (Phi) is 7.75. The van der Waals surface area contributed by atoms with E-state index in [1.165, 1.54) is 34.2 Å². The van der Waals surface area contributed by atoms with Crippen molar-refractivity contribution < 1.29 is 4.79 Å². The van der Waals surface area contributed by atoms with E-state index >= 15 is 0 Å². The van der Waals surface area contributed by atoms with Crippen molar-refractivity contribution in [3.63, 3.8) is 0 Å². The van der Waals surface area contributed by atoms with Crippen molar-refractivity contribution in [1.29, 1.82) is 0 Å². The second kappa shape index (κ2) is 11.1. The molecule has 7 heteroatoms. The van der Waals surface area contributed by atoms with Gasteiger partial charge < -0.3 is 10.6 Å². The van der Waals surface area contributed by atoms with Gasteiger partial charge in [0, 0.05) is 11.4 Å². The molecule has 0 radical (unpaired) electrons. The molecule has 4 aromatic rings. The molecule has 0 aliphatic carbocycles. The van der Waals surface area contributed by atoms with Crippen LogP contribution in [0.3, 0.4) is 0 Å². The fraction of sp³-hybridized carbons (Fsp3) is 0.192. The van der Waals surface area contributed by atoms with Crippen LogP contribution in [0.2, 0.25) is 0 Å². The summed E-state index contributed by atoms with van der Waals surface area (Å²) >= 11 is 2.83. The van der Waals surface area contributed by atoms with Gasteiger partial charge in [-0.3, -0.25) is 4.79 Å². The number of hydrogen-bond donors (Lipinski definition) is 2. The van der Waals surface area contributed by atoms with E-state index in [2.05, 4.69) is 58.9 Å². The molecular weight excluding hydrogens is 448 g/mol. The molecule has 2 N–H and O–H groups in total. The number of amides is 1. The summed E-state index contributed by atoms with van der Waals surface area (Å²) in [6, 6.07) is 26.5. The average molecular weight is 475 g/mol. The molecule has 0 saturated carbocycles. The van der Waals surface area contributed by atoms with Gasteiger partial charge in [0.1, 0.15) is 0 Å². The van der Waals surface area contributed by atoms with Gasteiger partial charge >= 0.3 is 0 Å². The van der Waals surface area contributed by atoms with Crippen LogP contribution in [0.5, 0.6) is 0 Å². The molecule has 0 atom stereocenters. The van der Waals surface area contributed by atoms with E-state index in [0.717, 1.165) is 27.7 Å². The molecule has 5 nitrogen and oxygen atoms in total. The molecule has 0 aliphatic heterocycles. The number of rotatable bonds is 9. The molecule has 168 valence electrons. The van der Waals surface area contributed by atoms with Crippen molar-refractivity contribution in [3.05, 3.63) is 95.6 Å². The highest BCUT2D eigenvalue weighted by atomic mass is 32.2. The monoisotopic (exact) mass is 474 g/mol. The zero-order chi connectivity index (χ0) is 23.0. The maximum Gasteiger partial charge on any atom is 0.234 e. The number of anilines is 3. The van der Waals surface area contributed by atoms with Crippen LogP contribution in [0.4, 0.5) is 16.5 Å². The Morgan fingerprint density at radius 1 is 0.939 bits per heavy atom. The van der Waals surface area contributed by atoms with Gasteiger partial charge in [0.2, 0.25) is 11.0 Å². The standard InChI is InChI=1S/C26H26N4OS2/c1-18(2)20-12-14-22(15-13-20)27-25-29-30-26(33-25)32-17-24(31)28-23-11-7-6-10-21(23)16-19-8-4-3-5-9-19/h3-15,18H,16-17H2,1-2H3,(H,27,29)(H,28,31). The Morgan fingerprint density at radius 3 is 2.42 bits per heavy atom. The van der Waals surface area contributed by atoms with Gasteiger partial charge in [-0.1, -0.05) is 97.6 Å². The third kappa shape index (κ3) is 6.66. The average Bonchev–Trinajstić information content (AvgIpc) is 3.27. The Morgan fingerprint density at radius 2 is 1.67 bits per heavy atom. The molecule has 3 aromatic carbocycles. The van der Waals surface area contributed by atoms with Crippen LogP contribution < -0.4 is 10.6 Å². The Balaban J connectivity index is 1.31. The van der Waals surface area contributed by atoms with Crippen molar-refractivity contribution in [2.45, 2.75) is 30.5 Å². The minimum absolute atomic E-state index is 0.0607. The van der Waals surface area contributed by atoms with Crippen molar-refractivity contribution in [2.75, 3.05) is 16.4 Å². The SMILES string of the molecule is CC(C)c1ccc(Nc2nnc(SCC(=O)Nc3ccccc3Cc3ccccc3)s2)cc1. The van der Waals surface area contributed by atoms with E-state index in [9.17, 15) is 4.79 Å². The number of carbonyl (C=O) groups excluding carboxylic acids is 1. The minimum atomic E-state index is -0.0607. The van der Waals surface area contributed by atoms with Crippen LogP contribution in [0.15, 0.2) is 83.2 Å². The number of nitrogens with zero attached hydrogens (tertiary/aromatic N) is 2. The summed E-state index contributed by atoms with van der Waals surface area (Å²) in [6.07, 6.45) is 0.772. The molecule has 0 spiro atoms. The van der Waals surface area contributed by atoms with Gasteiger partial charge in [-0.25, -0.2) is 0 Å². The van der Waals surface area contributed by atoms with E-state index in [1.807, 2.05) is 54.6 Å². The van der Waals surface area contributed by atoms with Crippen molar-refractivity contribution in [2.24, 2.45) is 0 Å². The molecule has 0 saturated heterocycles. The molecule has 0 fully saturated rings. The second-order valence-corrected chi connectivity index (χ2v) is 10.1. The van der Waals surface area contributed by atoms with Gasteiger partial charge in [0.05, 0.1) is 5.75 Å². The first-order valence-electron chi connectivity index (χ1n) is 10.8. The fourth-order valence-electron chi connectivity index (χ4n) is 3.32. The zero-order valence-corrected chi connectivity index (χ0v) is 20.2. The van der Waals surface area contributed by atoms with E-state index in [-0.39, 0.29) is 11.7 Å². The number of para-hydroxylation sites is 1. The maximum absolute atomic E-state index is 12.6. The molecule has 0 unspecified atom stereocenters. The molecule has 1 amide bonds. The van der Waals surface area contributed by atoms with Crippen LogP contribution in [0, 0.1) is 0 Å². The minimum Gasteiger partial charge on any atom is -0.330 e. The predicted octanol–water partition coefficient (Wildman–Crippen LogP) is 6.73. The summed E-state index contributed by atoms with van der Waals surface area (Å²) in [7, 11) is 0. The summed E-state index contributed by atoms with van der Waals surface area (Å²) in [5.41, 5.74) is 5.41. The summed E-state index contributed by atoms with van der Waals surface area (Å²) in [5, 5.41) is 15.4. The van der Waals surface area contributed by atoms with E-state index in [0.29, 0.717) is 11.0 Å². The fourth-order valence-corrected chi connectivity index (χ4v) is 4.89. The molecule has 0 bridgehead atoms. The van der Waals surface area contributed by atoms with Gasteiger partial charge in [-0.05, 0) is 47.2 Å². The molecular formula is C26H26N4OS2. The van der Waals surface area contributed by atoms with Gasteiger partial charge in [0.25, 0.3) is 0 Å². The number of thioether (sulfide) groups is 1. The van der Waals surface area contributed by atoms with Gasteiger partial charge in [0.15, 0.2) is 4.34 Å². The van der Waals surface area contributed by atoms with Crippen LogP contribution in [0.1, 0.15) is 36.5 Å². The van der Waals surface area contributed by atoms with Crippen LogP contribution in [0.25, 0.3) is 0 Å². The largest absolute Gasteiger partial charge is 0.330 e. The zero-order valence-electron chi connectivity index (χ0n) is 18.6. The highest BCUT2D eigenvalue weighted by Crippen LogP contribution is 2.28. The maximum atomic E-state index is 12.6. The topological polar surface area (TPSA) is 66.9 Å². The Hall–Kier alpha value is -3.16. The lowest BCUT2D eigenvalue weighted by Crippen LogP contribution is -2.15. The first-order valence-corrected chi connectivity index (χ1v) is 12.6. The van der Waals surface area contributed by atoms with Gasteiger partial charge in [-0.15, -0.1) is 10.2 Å². The highest BCUT2D eigenvalue weighted by molar-refractivity contribution is 8.01. The third-order valence-electron chi connectivity index (χ3n) is 5.09. The first-order chi connectivity index (χ1) is 16.1. The van der Waals surface area contributed by atoms with E-state index in [1.54, 1.807) is 0 Å².